The van der Waals surface area contributed by atoms with Crippen LogP contribution in [-0.4, -0.2) is 84.8 Å². The number of benzene rings is 1. The van der Waals surface area contributed by atoms with Gasteiger partial charge in [-0.05, 0) is 38.1 Å². The minimum Gasteiger partial charge on any atom is -0.373 e. The van der Waals surface area contributed by atoms with Gasteiger partial charge in [-0.25, -0.2) is 27.7 Å². The summed E-state index contributed by atoms with van der Waals surface area (Å²) in [7, 11) is 0.437. The third-order valence-electron chi connectivity index (χ3n) is 6.69. The Morgan fingerprint density at radius 1 is 1.23 bits per heavy atom. The van der Waals surface area contributed by atoms with Gasteiger partial charge in [-0.2, -0.15) is 18.4 Å². The molecular formula is C25H30F3N9O2S. The van der Waals surface area contributed by atoms with Crippen LogP contribution in [0.2, 0.25) is 0 Å². The smallest absolute Gasteiger partial charge is 0.373 e. The van der Waals surface area contributed by atoms with Crippen LogP contribution < -0.4 is 15.5 Å². The summed E-state index contributed by atoms with van der Waals surface area (Å²) in [5, 5.41) is 15.9. The number of sulfonamides is 1. The average Bonchev–Trinajstić information content (AvgIpc) is 3.40. The van der Waals surface area contributed by atoms with Crippen LogP contribution in [0.3, 0.4) is 0 Å². The Balaban J connectivity index is 1.61. The topological polar surface area (TPSA) is 132 Å². The molecular weight excluding hydrogens is 547 g/mol. The summed E-state index contributed by atoms with van der Waals surface area (Å²) < 4.78 is 68.0. The highest BCUT2D eigenvalue weighted by Gasteiger charge is 2.36. The van der Waals surface area contributed by atoms with Crippen LogP contribution in [0.1, 0.15) is 24.0 Å². The first-order valence-corrected chi connectivity index (χ1v) is 14.4. The van der Waals surface area contributed by atoms with Crippen molar-refractivity contribution in [1.82, 2.24) is 29.1 Å². The highest BCUT2D eigenvalue weighted by molar-refractivity contribution is 7.88. The Labute approximate surface area is 230 Å². The lowest BCUT2D eigenvalue weighted by Gasteiger charge is -2.30. The summed E-state index contributed by atoms with van der Waals surface area (Å²) in [4.78, 5) is 14.2. The number of piperidine rings is 1. The van der Waals surface area contributed by atoms with Crippen LogP contribution in [0.5, 0.6) is 0 Å². The molecule has 214 valence electrons. The zero-order valence-electron chi connectivity index (χ0n) is 22.3. The lowest BCUT2D eigenvalue weighted by Crippen LogP contribution is -2.42. The molecule has 0 amide bonds. The Morgan fingerprint density at radius 3 is 2.58 bits per heavy atom. The van der Waals surface area contributed by atoms with Gasteiger partial charge >= 0.3 is 6.18 Å². The lowest BCUT2D eigenvalue weighted by atomic mass is 10.1. The molecule has 3 heterocycles. The molecule has 2 N–H and O–H groups in total. The number of halogens is 3. The van der Waals surface area contributed by atoms with Crippen LogP contribution in [0.15, 0.2) is 36.9 Å². The molecule has 40 heavy (non-hydrogen) atoms. The van der Waals surface area contributed by atoms with Gasteiger partial charge in [-0.1, -0.05) is 0 Å². The monoisotopic (exact) mass is 577 g/mol. The first-order valence-electron chi connectivity index (χ1n) is 12.5. The van der Waals surface area contributed by atoms with E-state index in [0.29, 0.717) is 43.4 Å². The third kappa shape index (κ3) is 6.69. The molecule has 0 unspecified atom stereocenters. The van der Waals surface area contributed by atoms with Crippen LogP contribution >= 0.6 is 0 Å². The van der Waals surface area contributed by atoms with Crippen LogP contribution in [-0.2, 0) is 16.2 Å². The second-order valence-electron chi connectivity index (χ2n) is 9.54. The first kappa shape index (κ1) is 29.2. The van der Waals surface area contributed by atoms with E-state index in [1.165, 1.54) is 21.4 Å². The van der Waals surface area contributed by atoms with Crippen molar-refractivity contribution < 1.29 is 21.6 Å². The van der Waals surface area contributed by atoms with Gasteiger partial charge < -0.3 is 20.1 Å². The predicted molar refractivity (Wildman–Crippen MR) is 145 cm³/mol. The molecule has 3 aromatic rings. The molecule has 0 saturated carbocycles. The summed E-state index contributed by atoms with van der Waals surface area (Å²) in [6.07, 6.45) is 0.778. The number of anilines is 2. The average molecular weight is 578 g/mol. The molecule has 2 aromatic heterocycles. The molecule has 1 saturated heterocycles. The fourth-order valence-electron chi connectivity index (χ4n) is 4.43. The maximum atomic E-state index is 13.9. The molecule has 0 spiro atoms. The number of nitriles is 1. The van der Waals surface area contributed by atoms with Gasteiger partial charge in [0, 0.05) is 57.3 Å². The van der Waals surface area contributed by atoms with Crippen molar-refractivity contribution in [2.75, 3.05) is 56.7 Å². The minimum atomic E-state index is -4.73. The summed E-state index contributed by atoms with van der Waals surface area (Å²) in [5.74, 6) is -0.0120. The molecule has 0 bridgehead atoms. The molecule has 1 fully saturated rings. The molecule has 0 aliphatic carbocycles. The summed E-state index contributed by atoms with van der Waals surface area (Å²) in [6.45, 7) is 2.05. The van der Waals surface area contributed by atoms with E-state index in [0.717, 1.165) is 25.0 Å². The van der Waals surface area contributed by atoms with Gasteiger partial charge in [-0.15, -0.1) is 0 Å². The SMILES string of the molecule is CNCCN(C)c1ccc(-n2cnc(-c3nc(NC4CCN(S(C)(=O)=O)CC4)ncc3C(F)(F)F)c2)c(C#N)c1. The van der Waals surface area contributed by atoms with Crippen molar-refractivity contribution >= 4 is 21.7 Å². The predicted octanol–water partition coefficient (Wildman–Crippen LogP) is 2.71. The number of aromatic nitrogens is 4. The van der Waals surface area contributed by atoms with E-state index in [1.807, 2.05) is 25.1 Å². The number of nitrogens with zero attached hydrogens (tertiary/aromatic N) is 7. The van der Waals surface area contributed by atoms with Crippen molar-refractivity contribution in [3.8, 4) is 23.1 Å². The number of nitrogens with one attached hydrogen (secondary N) is 2. The number of imidazole rings is 1. The second-order valence-corrected chi connectivity index (χ2v) is 11.5. The Kier molecular flexibility index (Phi) is 8.62. The Hall–Kier alpha value is -3.74. The molecule has 1 aliphatic rings. The number of hydrogen-bond donors (Lipinski definition) is 2. The fraction of sp³-hybridized carbons (Fsp3) is 0.440. The normalized spacial score (nSPS) is 15.1. The number of alkyl halides is 3. The van der Waals surface area contributed by atoms with Gasteiger partial charge in [0.05, 0.1) is 17.5 Å². The van der Waals surface area contributed by atoms with E-state index in [1.54, 1.807) is 12.1 Å². The minimum absolute atomic E-state index is 0.0120. The van der Waals surface area contributed by atoms with E-state index in [4.69, 9.17) is 0 Å². The molecule has 0 atom stereocenters. The molecule has 0 radical (unpaired) electrons. The third-order valence-corrected chi connectivity index (χ3v) is 8.00. The lowest BCUT2D eigenvalue weighted by molar-refractivity contribution is -0.137. The van der Waals surface area contributed by atoms with Crippen molar-refractivity contribution in [3.05, 3.63) is 48.0 Å². The van der Waals surface area contributed by atoms with Crippen molar-refractivity contribution in [3.63, 3.8) is 0 Å². The van der Waals surface area contributed by atoms with Crippen LogP contribution in [0.25, 0.3) is 17.1 Å². The van der Waals surface area contributed by atoms with Crippen LogP contribution in [0.4, 0.5) is 24.8 Å². The summed E-state index contributed by atoms with van der Waals surface area (Å²) >= 11 is 0. The Bertz CT molecular complexity index is 1490. The fourth-order valence-corrected chi connectivity index (χ4v) is 5.30. The van der Waals surface area contributed by atoms with Crippen molar-refractivity contribution in [2.24, 2.45) is 0 Å². The summed E-state index contributed by atoms with van der Waals surface area (Å²) in [6, 6.07) is 7.21. The number of hydrogen-bond acceptors (Lipinski definition) is 9. The van der Waals surface area contributed by atoms with E-state index >= 15 is 0 Å². The largest absolute Gasteiger partial charge is 0.420 e. The van der Waals surface area contributed by atoms with Crippen molar-refractivity contribution in [1.29, 1.82) is 5.26 Å². The zero-order valence-corrected chi connectivity index (χ0v) is 23.1. The maximum absolute atomic E-state index is 13.9. The van der Waals surface area contributed by atoms with Gasteiger partial charge in [-0.3, -0.25) is 0 Å². The molecule has 4 rings (SSSR count). The molecule has 15 heteroatoms. The van der Waals surface area contributed by atoms with E-state index in [-0.39, 0.29) is 17.7 Å². The van der Waals surface area contributed by atoms with Gasteiger partial charge in [0.15, 0.2) is 0 Å². The quantitative estimate of drug-likeness (QED) is 0.394. The van der Waals surface area contributed by atoms with Gasteiger partial charge in [0.1, 0.15) is 29.3 Å². The van der Waals surface area contributed by atoms with Crippen LogP contribution in [0, 0.1) is 11.3 Å². The van der Waals surface area contributed by atoms with Gasteiger partial charge in [0.2, 0.25) is 16.0 Å². The molecule has 1 aliphatic heterocycles. The molecule has 1 aromatic carbocycles. The Morgan fingerprint density at radius 2 is 1.95 bits per heavy atom. The number of rotatable bonds is 9. The van der Waals surface area contributed by atoms with E-state index in [9.17, 15) is 26.9 Å². The standard InChI is InChI=1S/C25H30F3N9O2S/c1-30-8-11-35(2)19-4-5-22(17(12-19)13-29)36-15-21(32-16-36)23-20(25(26,27)28)14-31-24(34-23)33-18-6-9-37(10-7-18)40(3,38)39/h4-5,12,14-16,18,30H,6-11H2,1-3H3,(H,31,33,34). The zero-order chi connectivity index (χ0) is 29.1. The molecule has 11 nitrogen and oxygen atoms in total. The van der Waals surface area contributed by atoms with E-state index < -0.39 is 27.5 Å². The van der Waals surface area contributed by atoms with Gasteiger partial charge in [0.25, 0.3) is 0 Å². The summed E-state index contributed by atoms with van der Waals surface area (Å²) in [5.41, 5.74) is 0.134. The highest BCUT2D eigenvalue weighted by Crippen LogP contribution is 2.36. The maximum Gasteiger partial charge on any atom is 0.420 e. The highest BCUT2D eigenvalue weighted by atomic mass is 32.2. The first-order chi connectivity index (χ1) is 18.9. The van der Waals surface area contributed by atoms with E-state index in [2.05, 4.69) is 31.7 Å². The number of likely N-dealkylation sites (N-methyl/N-ethyl adjacent to an activating group) is 2. The van der Waals surface area contributed by atoms with Crippen molar-refractivity contribution in [2.45, 2.75) is 25.1 Å². The second kappa shape index (κ2) is 11.8.